The van der Waals surface area contributed by atoms with Crippen molar-refractivity contribution in [2.24, 2.45) is 0 Å². The van der Waals surface area contributed by atoms with Crippen LogP contribution in [0.25, 0.3) is 0 Å². The summed E-state index contributed by atoms with van der Waals surface area (Å²) in [5.74, 6) is -0.439. The molecule has 13 heavy (non-hydrogen) atoms. The highest BCUT2D eigenvalue weighted by Gasteiger charge is 2.53. The Bertz CT molecular complexity index is 317. The standard InChI is InChI=1S/C9H9NO3/c1-6(11)13-9(5-10)4-7-2-3-8(9)12-7/h2-3,7-8H,4H2,1H3/t7-,8+,9?/m1/s1. The van der Waals surface area contributed by atoms with E-state index in [2.05, 4.69) is 0 Å². The number of fused-ring (bicyclic) bond motifs is 2. The predicted octanol–water partition coefficient (Wildman–Crippen LogP) is 0.539. The molecule has 3 atom stereocenters. The monoisotopic (exact) mass is 179 g/mol. The second-order valence-electron chi connectivity index (χ2n) is 3.28. The summed E-state index contributed by atoms with van der Waals surface area (Å²) >= 11 is 0. The smallest absolute Gasteiger partial charge is 0.304 e. The number of esters is 1. The third kappa shape index (κ3) is 1.12. The van der Waals surface area contributed by atoms with Crippen molar-refractivity contribution in [2.45, 2.75) is 31.2 Å². The zero-order valence-electron chi connectivity index (χ0n) is 7.19. The SMILES string of the molecule is CC(=O)OC1(C#N)C[C@H]2C=C[C@@H]1O2. The van der Waals surface area contributed by atoms with Crippen molar-refractivity contribution in [3.8, 4) is 6.07 Å². The molecule has 2 bridgehead atoms. The first-order valence-corrected chi connectivity index (χ1v) is 4.11. The highest BCUT2D eigenvalue weighted by Crippen LogP contribution is 2.39. The highest BCUT2D eigenvalue weighted by molar-refractivity contribution is 5.67. The summed E-state index contributed by atoms with van der Waals surface area (Å²) in [5, 5.41) is 8.95. The van der Waals surface area contributed by atoms with Crippen LogP contribution in [0.15, 0.2) is 12.2 Å². The van der Waals surface area contributed by atoms with Gasteiger partial charge in [-0.15, -0.1) is 0 Å². The lowest BCUT2D eigenvalue weighted by Crippen LogP contribution is -2.40. The van der Waals surface area contributed by atoms with E-state index < -0.39 is 11.6 Å². The predicted molar refractivity (Wildman–Crippen MR) is 42.5 cm³/mol. The minimum atomic E-state index is -1.08. The number of carbonyl (C=O) groups is 1. The highest BCUT2D eigenvalue weighted by atomic mass is 16.6. The van der Waals surface area contributed by atoms with Crippen molar-refractivity contribution in [3.63, 3.8) is 0 Å². The van der Waals surface area contributed by atoms with Gasteiger partial charge in [0.1, 0.15) is 12.2 Å². The molecule has 0 aromatic carbocycles. The molecule has 0 N–H and O–H groups in total. The lowest BCUT2D eigenvalue weighted by molar-refractivity contribution is -0.154. The maximum Gasteiger partial charge on any atom is 0.304 e. The van der Waals surface area contributed by atoms with Crippen molar-refractivity contribution in [1.82, 2.24) is 0 Å². The van der Waals surface area contributed by atoms with Crippen LogP contribution in [0.4, 0.5) is 0 Å². The van der Waals surface area contributed by atoms with Crippen LogP contribution in [-0.2, 0) is 14.3 Å². The topological polar surface area (TPSA) is 59.3 Å². The van der Waals surface area contributed by atoms with Gasteiger partial charge < -0.3 is 9.47 Å². The van der Waals surface area contributed by atoms with Gasteiger partial charge in [0, 0.05) is 13.3 Å². The van der Waals surface area contributed by atoms with Crippen molar-refractivity contribution >= 4 is 5.97 Å². The Labute approximate surface area is 75.7 Å². The summed E-state index contributed by atoms with van der Waals surface area (Å²) in [4.78, 5) is 10.8. The van der Waals surface area contributed by atoms with E-state index in [0.717, 1.165) is 0 Å². The van der Waals surface area contributed by atoms with Crippen molar-refractivity contribution in [3.05, 3.63) is 12.2 Å². The molecule has 0 spiro atoms. The molecule has 0 amide bonds. The largest absolute Gasteiger partial charge is 0.440 e. The molecule has 68 valence electrons. The number of nitrogens with zero attached hydrogens (tertiary/aromatic N) is 1. The van der Waals surface area contributed by atoms with Gasteiger partial charge in [0.15, 0.2) is 0 Å². The van der Waals surface area contributed by atoms with Gasteiger partial charge in [-0.05, 0) is 0 Å². The van der Waals surface area contributed by atoms with Gasteiger partial charge >= 0.3 is 5.97 Å². The van der Waals surface area contributed by atoms with E-state index in [-0.39, 0.29) is 12.2 Å². The van der Waals surface area contributed by atoms with Gasteiger partial charge in [0.2, 0.25) is 5.60 Å². The molecular weight excluding hydrogens is 170 g/mol. The molecule has 2 aliphatic heterocycles. The summed E-state index contributed by atoms with van der Waals surface area (Å²) in [6.45, 7) is 1.30. The zero-order valence-corrected chi connectivity index (χ0v) is 7.19. The molecule has 0 radical (unpaired) electrons. The third-order valence-electron chi connectivity index (χ3n) is 2.30. The van der Waals surface area contributed by atoms with Crippen LogP contribution in [0, 0.1) is 11.3 Å². The van der Waals surface area contributed by atoms with Crippen LogP contribution in [0.3, 0.4) is 0 Å². The van der Waals surface area contributed by atoms with Crippen LogP contribution >= 0.6 is 0 Å². The fourth-order valence-electron chi connectivity index (χ4n) is 1.79. The maximum atomic E-state index is 10.8. The average molecular weight is 179 g/mol. The molecule has 1 unspecified atom stereocenters. The summed E-state index contributed by atoms with van der Waals surface area (Å²) in [6.07, 6.45) is 3.67. The van der Waals surface area contributed by atoms with Crippen LogP contribution in [0.5, 0.6) is 0 Å². The zero-order chi connectivity index (χ0) is 9.47. The Morgan fingerprint density at radius 2 is 2.54 bits per heavy atom. The average Bonchev–Trinajstić information content (AvgIpc) is 2.62. The number of carbonyl (C=O) groups excluding carboxylic acids is 1. The van der Waals surface area contributed by atoms with Crippen LogP contribution in [0.1, 0.15) is 13.3 Å². The molecule has 2 rings (SSSR count). The van der Waals surface area contributed by atoms with E-state index >= 15 is 0 Å². The molecular formula is C9H9NO3. The Kier molecular flexibility index (Phi) is 1.64. The Hall–Kier alpha value is -1.34. The Balaban J connectivity index is 2.24. The number of ether oxygens (including phenoxy) is 2. The molecule has 1 fully saturated rings. The van der Waals surface area contributed by atoms with Gasteiger partial charge in [-0.25, -0.2) is 0 Å². The first kappa shape index (κ1) is 8.27. The lowest BCUT2D eigenvalue weighted by Gasteiger charge is -2.24. The molecule has 0 aliphatic carbocycles. The Morgan fingerprint density at radius 1 is 1.77 bits per heavy atom. The van der Waals surface area contributed by atoms with Gasteiger partial charge in [0.25, 0.3) is 0 Å². The van der Waals surface area contributed by atoms with Crippen molar-refractivity contribution < 1.29 is 14.3 Å². The lowest BCUT2D eigenvalue weighted by atomic mass is 9.90. The van der Waals surface area contributed by atoms with Crippen molar-refractivity contribution in [1.29, 1.82) is 5.26 Å². The fourth-order valence-corrected chi connectivity index (χ4v) is 1.79. The molecule has 0 aromatic rings. The molecule has 1 saturated heterocycles. The second-order valence-corrected chi connectivity index (χ2v) is 3.28. The molecule has 2 heterocycles. The van der Waals surface area contributed by atoms with Gasteiger partial charge in [-0.3, -0.25) is 4.79 Å². The van der Waals surface area contributed by atoms with Gasteiger partial charge in [0.05, 0.1) is 6.10 Å². The first-order chi connectivity index (χ1) is 6.16. The number of hydrogen-bond donors (Lipinski definition) is 0. The quantitative estimate of drug-likeness (QED) is 0.435. The van der Waals surface area contributed by atoms with E-state index in [4.69, 9.17) is 14.7 Å². The minimum absolute atomic E-state index is 0.0657. The molecule has 4 nitrogen and oxygen atoms in total. The number of hydrogen-bond acceptors (Lipinski definition) is 4. The van der Waals surface area contributed by atoms with E-state index in [0.29, 0.717) is 6.42 Å². The third-order valence-corrected chi connectivity index (χ3v) is 2.30. The minimum Gasteiger partial charge on any atom is -0.440 e. The Morgan fingerprint density at radius 3 is 2.92 bits per heavy atom. The van der Waals surface area contributed by atoms with Gasteiger partial charge in [-0.1, -0.05) is 12.2 Å². The molecule has 0 saturated carbocycles. The molecule has 4 heteroatoms. The van der Waals surface area contributed by atoms with Crippen LogP contribution in [-0.4, -0.2) is 23.8 Å². The number of nitriles is 1. The van der Waals surface area contributed by atoms with Crippen LogP contribution < -0.4 is 0 Å². The van der Waals surface area contributed by atoms with E-state index in [1.54, 1.807) is 6.08 Å². The van der Waals surface area contributed by atoms with E-state index in [1.807, 2.05) is 12.1 Å². The first-order valence-electron chi connectivity index (χ1n) is 4.11. The van der Waals surface area contributed by atoms with E-state index in [1.165, 1.54) is 6.92 Å². The maximum absolute atomic E-state index is 10.8. The van der Waals surface area contributed by atoms with Crippen molar-refractivity contribution in [2.75, 3.05) is 0 Å². The number of rotatable bonds is 1. The summed E-state index contributed by atoms with van der Waals surface area (Å²) in [6, 6.07) is 2.02. The normalized spacial score (nSPS) is 40.3. The molecule has 0 aromatic heterocycles. The fraction of sp³-hybridized carbons (Fsp3) is 0.556. The summed E-state index contributed by atoms with van der Waals surface area (Å²) in [7, 11) is 0. The van der Waals surface area contributed by atoms with E-state index in [9.17, 15) is 4.79 Å². The summed E-state index contributed by atoms with van der Waals surface area (Å²) in [5.41, 5.74) is -1.08. The molecule has 2 aliphatic rings. The van der Waals surface area contributed by atoms with Gasteiger partial charge in [-0.2, -0.15) is 5.26 Å². The summed E-state index contributed by atoms with van der Waals surface area (Å²) < 4.78 is 10.4. The van der Waals surface area contributed by atoms with Crippen LogP contribution in [0.2, 0.25) is 0 Å². The second kappa shape index (κ2) is 2.57.